The van der Waals surface area contributed by atoms with Gasteiger partial charge in [0, 0.05) is 5.92 Å². The highest BCUT2D eigenvalue weighted by Crippen LogP contribution is 2.35. The van der Waals surface area contributed by atoms with Gasteiger partial charge in [-0.05, 0) is 61.1 Å². The van der Waals surface area contributed by atoms with Crippen molar-refractivity contribution >= 4 is 5.97 Å². The molecule has 0 amide bonds. The van der Waals surface area contributed by atoms with Gasteiger partial charge < -0.3 is 23.7 Å². The quantitative estimate of drug-likeness (QED) is 0.628. The largest absolute Gasteiger partial charge is 0.493 e. The monoisotopic (exact) mass is 398 g/mol. The number of esters is 1. The van der Waals surface area contributed by atoms with Gasteiger partial charge in [0.05, 0.1) is 20.6 Å². The van der Waals surface area contributed by atoms with Crippen LogP contribution in [0, 0.1) is 5.92 Å². The molecule has 2 heterocycles. The topological polar surface area (TPSA) is 63.2 Å². The second-order valence-corrected chi connectivity index (χ2v) is 7.45. The Morgan fingerprint density at radius 2 is 1.62 bits per heavy atom. The predicted molar refractivity (Wildman–Crippen MR) is 107 cm³/mol. The molecule has 1 saturated heterocycles. The normalized spacial score (nSPS) is 19.9. The van der Waals surface area contributed by atoms with Crippen molar-refractivity contribution in [2.75, 3.05) is 21.0 Å². The van der Waals surface area contributed by atoms with E-state index in [2.05, 4.69) is 6.07 Å². The van der Waals surface area contributed by atoms with Crippen molar-refractivity contribution in [1.29, 1.82) is 0 Å². The van der Waals surface area contributed by atoms with Crippen LogP contribution in [0.1, 0.15) is 30.4 Å². The molecule has 2 aliphatic rings. The molecule has 1 fully saturated rings. The highest BCUT2D eigenvalue weighted by Gasteiger charge is 2.34. The Morgan fingerprint density at radius 3 is 2.45 bits per heavy atom. The molecule has 0 saturated carbocycles. The zero-order valence-corrected chi connectivity index (χ0v) is 16.8. The zero-order valence-electron chi connectivity index (χ0n) is 16.8. The van der Waals surface area contributed by atoms with Gasteiger partial charge in [-0.3, -0.25) is 4.79 Å². The molecule has 2 aromatic carbocycles. The van der Waals surface area contributed by atoms with Crippen molar-refractivity contribution < 1.29 is 28.5 Å². The van der Waals surface area contributed by atoms with Crippen molar-refractivity contribution in [1.82, 2.24) is 0 Å². The molecule has 6 nitrogen and oxygen atoms in total. The lowest BCUT2D eigenvalue weighted by Crippen LogP contribution is -2.18. The first-order valence-electron chi connectivity index (χ1n) is 9.95. The lowest BCUT2D eigenvalue weighted by Gasteiger charge is -2.18. The van der Waals surface area contributed by atoms with Crippen LogP contribution >= 0.6 is 0 Å². The van der Waals surface area contributed by atoms with E-state index in [1.54, 1.807) is 14.2 Å². The van der Waals surface area contributed by atoms with Gasteiger partial charge in [0.15, 0.2) is 23.0 Å². The highest BCUT2D eigenvalue weighted by molar-refractivity contribution is 5.72. The van der Waals surface area contributed by atoms with E-state index in [0.717, 1.165) is 42.7 Å². The molecular formula is C23H26O6. The average Bonchev–Trinajstić information content (AvgIpc) is 3.35. The molecule has 0 radical (unpaired) electrons. The molecule has 4 rings (SSSR count). The third-order valence-electron chi connectivity index (χ3n) is 5.64. The summed E-state index contributed by atoms with van der Waals surface area (Å²) in [6.07, 6.45) is 3.84. The second kappa shape index (κ2) is 8.64. The van der Waals surface area contributed by atoms with Gasteiger partial charge in [0.2, 0.25) is 6.79 Å². The second-order valence-electron chi connectivity index (χ2n) is 7.45. The van der Waals surface area contributed by atoms with E-state index >= 15 is 0 Å². The Labute approximate surface area is 170 Å². The summed E-state index contributed by atoms with van der Waals surface area (Å²) in [7, 11) is 3.26. The Morgan fingerprint density at radius 1 is 0.897 bits per heavy atom. The van der Waals surface area contributed by atoms with Crippen LogP contribution in [0.3, 0.4) is 0 Å². The molecule has 29 heavy (non-hydrogen) atoms. The number of aryl methyl sites for hydroxylation is 2. The molecule has 154 valence electrons. The number of hydrogen-bond donors (Lipinski definition) is 0. The average molecular weight is 398 g/mol. The van der Waals surface area contributed by atoms with Crippen LogP contribution in [0.5, 0.6) is 23.0 Å². The van der Waals surface area contributed by atoms with Gasteiger partial charge in [0.25, 0.3) is 0 Å². The van der Waals surface area contributed by atoms with Gasteiger partial charge in [0.1, 0.15) is 6.10 Å². The summed E-state index contributed by atoms with van der Waals surface area (Å²) in [5, 5.41) is 0. The third-order valence-corrected chi connectivity index (χ3v) is 5.64. The van der Waals surface area contributed by atoms with Crippen molar-refractivity contribution in [3.05, 3.63) is 47.5 Å². The van der Waals surface area contributed by atoms with Crippen LogP contribution in [-0.4, -0.2) is 33.1 Å². The van der Waals surface area contributed by atoms with Gasteiger partial charge >= 0.3 is 5.97 Å². The van der Waals surface area contributed by atoms with E-state index in [4.69, 9.17) is 23.7 Å². The van der Waals surface area contributed by atoms with Crippen LogP contribution in [0.2, 0.25) is 0 Å². The molecule has 0 aromatic heterocycles. The maximum Gasteiger partial charge on any atom is 0.306 e. The van der Waals surface area contributed by atoms with Gasteiger partial charge in [-0.25, -0.2) is 0 Å². The number of rotatable bonds is 8. The van der Waals surface area contributed by atoms with Crippen LogP contribution in [-0.2, 0) is 22.4 Å². The number of hydrogen-bond acceptors (Lipinski definition) is 6. The number of carbonyl (C=O) groups is 1. The molecule has 2 aromatic rings. The molecule has 0 bridgehead atoms. The summed E-state index contributed by atoms with van der Waals surface area (Å²) in [6, 6.07) is 12.0. The first kappa shape index (κ1) is 19.4. The van der Waals surface area contributed by atoms with Gasteiger partial charge in [-0.1, -0.05) is 12.1 Å². The number of carbonyl (C=O) groups excluding carboxylic acids is 1. The Kier molecular flexibility index (Phi) is 5.79. The summed E-state index contributed by atoms with van der Waals surface area (Å²) in [4.78, 5) is 11.9. The summed E-state index contributed by atoms with van der Waals surface area (Å²) in [5.74, 6) is 3.15. The maximum absolute atomic E-state index is 11.9. The van der Waals surface area contributed by atoms with Crippen LogP contribution in [0.15, 0.2) is 36.4 Å². The van der Waals surface area contributed by atoms with E-state index in [9.17, 15) is 4.79 Å². The summed E-state index contributed by atoms with van der Waals surface area (Å²) >= 11 is 0. The fourth-order valence-electron chi connectivity index (χ4n) is 4.03. The zero-order chi connectivity index (χ0) is 20.2. The first-order valence-corrected chi connectivity index (χ1v) is 9.95. The van der Waals surface area contributed by atoms with Crippen molar-refractivity contribution in [3.63, 3.8) is 0 Å². The summed E-state index contributed by atoms with van der Waals surface area (Å²) in [6.45, 7) is 0.280. The fourth-order valence-corrected chi connectivity index (χ4v) is 4.03. The minimum absolute atomic E-state index is 0.0513. The summed E-state index contributed by atoms with van der Waals surface area (Å²) < 4.78 is 27.1. The molecule has 0 unspecified atom stereocenters. The lowest BCUT2D eigenvalue weighted by molar-refractivity contribution is -0.141. The number of methoxy groups -OCH3 is 2. The molecular weight excluding hydrogens is 372 g/mol. The minimum atomic E-state index is -0.0991. The number of ether oxygens (including phenoxy) is 5. The summed E-state index contributed by atoms with van der Waals surface area (Å²) in [5.41, 5.74) is 2.33. The van der Waals surface area contributed by atoms with Crippen molar-refractivity contribution in [2.45, 2.75) is 38.2 Å². The van der Waals surface area contributed by atoms with E-state index in [1.807, 2.05) is 30.3 Å². The molecule has 2 aliphatic heterocycles. The maximum atomic E-state index is 11.9. The highest BCUT2D eigenvalue weighted by atomic mass is 16.7. The van der Waals surface area contributed by atoms with Crippen LogP contribution in [0.25, 0.3) is 0 Å². The predicted octanol–water partition coefficient (Wildman–Crippen LogP) is 3.93. The van der Waals surface area contributed by atoms with E-state index in [1.165, 1.54) is 5.56 Å². The standard InChI is InChI=1S/C23H26O6/c1-25-19-9-5-16(11-21(19)26-2)4-8-18-17(13-23(24)29-18)7-3-15-6-10-20-22(12-15)28-14-27-20/h5-6,9-12,17-18H,3-4,7-8,13-14H2,1-2H3/t17-,18+/m1/s1. The molecule has 0 N–H and O–H groups in total. The van der Waals surface area contributed by atoms with Crippen molar-refractivity contribution in [3.8, 4) is 23.0 Å². The Balaban J connectivity index is 1.35. The fraction of sp³-hybridized carbons (Fsp3) is 0.435. The lowest BCUT2D eigenvalue weighted by atomic mass is 9.90. The minimum Gasteiger partial charge on any atom is -0.493 e. The van der Waals surface area contributed by atoms with Crippen LogP contribution in [0.4, 0.5) is 0 Å². The first-order chi connectivity index (χ1) is 14.2. The van der Waals surface area contributed by atoms with Gasteiger partial charge in [-0.2, -0.15) is 0 Å². The SMILES string of the molecule is COc1ccc(CC[C@@H]2OC(=O)C[C@H]2CCc2ccc3c(c2)OCO3)cc1OC. The van der Waals surface area contributed by atoms with Crippen molar-refractivity contribution in [2.24, 2.45) is 5.92 Å². The van der Waals surface area contributed by atoms with E-state index in [0.29, 0.717) is 17.9 Å². The van der Waals surface area contributed by atoms with Crippen LogP contribution < -0.4 is 18.9 Å². The smallest absolute Gasteiger partial charge is 0.306 e. The molecule has 2 atom stereocenters. The van der Waals surface area contributed by atoms with Gasteiger partial charge in [-0.15, -0.1) is 0 Å². The molecule has 0 aliphatic carbocycles. The number of fused-ring (bicyclic) bond motifs is 1. The Bertz CT molecular complexity index is 878. The Hall–Kier alpha value is -2.89. The number of cyclic esters (lactones) is 1. The van der Waals surface area contributed by atoms with E-state index in [-0.39, 0.29) is 24.8 Å². The molecule has 6 heteroatoms. The third kappa shape index (κ3) is 4.42. The number of benzene rings is 2. The molecule has 0 spiro atoms. The van der Waals surface area contributed by atoms with E-state index < -0.39 is 0 Å².